The van der Waals surface area contributed by atoms with Crippen molar-refractivity contribution in [3.8, 4) is 0 Å². The molecule has 4 nitrogen and oxygen atoms in total. The Morgan fingerprint density at radius 2 is 2.29 bits per heavy atom. The number of aryl methyl sites for hydroxylation is 1. The summed E-state index contributed by atoms with van der Waals surface area (Å²) in [6.07, 6.45) is 5.49. The van der Waals surface area contributed by atoms with Gasteiger partial charge in [0.05, 0.1) is 5.54 Å². The maximum atomic E-state index is 4.75. The molecule has 1 atom stereocenters. The van der Waals surface area contributed by atoms with E-state index in [2.05, 4.69) is 28.8 Å². The highest BCUT2D eigenvalue weighted by Crippen LogP contribution is 2.30. The van der Waals surface area contributed by atoms with E-state index < -0.39 is 0 Å². The van der Waals surface area contributed by atoms with Crippen LogP contribution in [0.15, 0.2) is 18.3 Å². The molecule has 1 saturated heterocycles. The maximum absolute atomic E-state index is 4.75. The van der Waals surface area contributed by atoms with Gasteiger partial charge in [0.2, 0.25) is 0 Å². The fourth-order valence-corrected chi connectivity index (χ4v) is 2.76. The summed E-state index contributed by atoms with van der Waals surface area (Å²) >= 11 is 0. The maximum Gasteiger partial charge on any atom is 0.159 e. The SMILES string of the molecule is Cn1c(C2(C)CCCCN2)nc2cccnc21. The van der Waals surface area contributed by atoms with Gasteiger partial charge < -0.3 is 9.88 Å². The minimum Gasteiger partial charge on any atom is -0.314 e. The summed E-state index contributed by atoms with van der Waals surface area (Å²) in [5.41, 5.74) is 1.95. The van der Waals surface area contributed by atoms with Gasteiger partial charge in [0, 0.05) is 13.2 Å². The number of nitrogens with zero attached hydrogens (tertiary/aromatic N) is 3. The molecule has 0 saturated carbocycles. The number of fused-ring (bicyclic) bond motifs is 1. The van der Waals surface area contributed by atoms with Crippen LogP contribution in [-0.4, -0.2) is 21.1 Å². The molecule has 4 heteroatoms. The zero-order valence-corrected chi connectivity index (χ0v) is 10.4. The first-order valence-electron chi connectivity index (χ1n) is 6.24. The van der Waals surface area contributed by atoms with Gasteiger partial charge in [-0.3, -0.25) is 0 Å². The van der Waals surface area contributed by atoms with Crippen molar-refractivity contribution in [2.24, 2.45) is 7.05 Å². The first-order chi connectivity index (χ1) is 8.21. The molecule has 17 heavy (non-hydrogen) atoms. The molecule has 0 amide bonds. The fourth-order valence-electron chi connectivity index (χ4n) is 2.76. The Morgan fingerprint density at radius 1 is 1.41 bits per heavy atom. The van der Waals surface area contributed by atoms with Crippen LogP contribution < -0.4 is 5.32 Å². The summed E-state index contributed by atoms with van der Waals surface area (Å²) in [6, 6.07) is 3.97. The van der Waals surface area contributed by atoms with Crippen molar-refractivity contribution in [3.63, 3.8) is 0 Å². The van der Waals surface area contributed by atoms with Crippen LogP contribution in [-0.2, 0) is 12.6 Å². The van der Waals surface area contributed by atoms with E-state index in [0.29, 0.717) is 0 Å². The summed E-state index contributed by atoms with van der Waals surface area (Å²) in [7, 11) is 2.05. The van der Waals surface area contributed by atoms with Crippen LogP contribution in [0.25, 0.3) is 11.2 Å². The van der Waals surface area contributed by atoms with Crippen LogP contribution in [0.5, 0.6) is 0 Å². The van der Waals surface area contributed by atoms with Gasteiger partial charge in [-0.2, -0.15) is 0 Å². The Hall–Kier alpha value is -1.42. The van der Waals surface area contributed by atoms with E-state index in [4.69, 9.17) is 4.98 Å². The number of hydrogen-bond acceptors (Lipinski definition) is 3. The van der Waals surface area contributed by atoms with Gasteiger partial charge in [0.1, 0.15) is 11.3 Å². The Balaban J connectivity index is 2.13. The van der Waals surface area contributed by atoms with Gasteiger partial charge in [-0.1, -0.05) is 0 Å². The van der Waals surface area contributed by atoms with Gasteiger partial charge in [-0.05, 0) is 44.9 Å². The predicted molar refractivity (Wildman–Crippen MR) is 67.7 cm³/mol. The van der Waals surface area contributed by atoms with Crippen LogP contribution >= 0.6 is 0 Å². The Labute approximate surface area is 101 Å². The van der Waals surface area contributed by atoms with Crippen molar-refractivity contribution in [3.05, 3.63) is 24.2 Å². The summed E-state index contributed by atoms with van der Waals surface area (Å²) < 4.78 is 2.12. The van der Waals surface area contributed by atoms with Gasteiger partial charge in [0.25, 0.3) is 0 Å². The lowest BCUT2D eigenvalue weighted by Crippen LogP contribution is -2.45. The van der Waals surface area contributed by atoms with Gasteiger partial charge in [0.15, 0.2) is 5.65 Å². The smallest absolute Gasteiger partial charge is 0.159 e. The number of imidazole rings is 1. The molecule has 0 bridgehead atoms. The van der Waals surface area contributed by atoms with Crippen molar-refractivity contribution in [2.45, 2.75) is 31.7 Å². The first-order valence-corrected chi connectivity index (χ1v) is 6.24. The number of rotatable bonds is 1. The van der Waals surface area contributed by atoms with E-state index in [1.807, 2.05) is 18.3 Å². The van der Waals surface area contributed by atoms with Crippen molar-refractivity contribution < 1.29 is 0 Å². The third kappa shape index (κ3) is 1.63. The largest absolute Gasteiger partial charge is 0.314 e. The fraction of sp³-hybridized carbons (Fsp3) is 0.538. The van der Waals surface area contributed by atoms with Crippen molar-refractivity contribution >= 4 is 11.2 Å². The lowest BCUT2D eigenvalue weighted by Gasteiger charge is -2.34. The molecule has 1 N–H and O–H groups in total. The highest BCUT2D eigenvalue weighted by atomic mass is 15.2. The number of nitrogens with one attached hydrogen (secondary N) is 1. The number of piperidine rings is 1. The van der Waals surface area contributed by atoms with Gasteiger partial charge in [-0.15, -0.1) is 0 Å². The molecule has 1 aliphatic rings. The molecule has 1 fully saturated rings. The van der Waals surface area contributed by atoms with Crippen molar-refractivity contribution in [1.29, 1.82) is 0 Å². The number of hydrogen-bond donors (Lipinski definition) is 1. The third-order valence-corrected chi connectivity index (χ3v) is 3.74. The van der Waals surface area contributed by atoms with Crippen molar-refractivity contribution in [2.75, 3.05) is 6.54 Å². The van der Waals surface area contributed by atoms with E-state index in [0.717, 1.165) is 30.0 Å². The third-order valence-electron chi connectivity index (χ3n) is 3.74. The zero-order chi connectivity index (χ0) is 11.9. The van der Waals surface area contributed by atoms with E-state index in [1.54, 1.807) is 0 Å². The second kappa shape index (κ2) is 3.81. The molecule has 0 aromatic carbocycles. The van der Waals surface area contributed by atoms with Gasteiger partial charge in [-0.25, -0.2) is 9.97 Å². The standard InChI is InChI=1S/C13H18N4/c1-13(7-3-4-9-15-13)12-16-10-6-5-8-14-11(10)17(12)2/h5-6,8,15H,3-4,7,9H2,1-2H3. The average Bonchev–Trinajstić information content (AvgIpc) is 2.69. The molecule has 2 aromatic heterocycles. The van der Waals surface area contributed by atoms with Crippen LogP contribution in [0.4, 0.5) is 0 Å². The van der Waals surface area contributed by atoms with Crippen LogP contribution in [0.3, 0.4) is 0 Å². The Kier molecular flexibility index (Phi) is 2.40. The lowest BCUT2D eigenvalue weighted by atomic mass is 9.90. The highest BCUT2D eigenvalue weighted by Gasteiger charge is 2.33. The summed E-state index contributed by atoms with van der Waals surface area (Å²) in [5, 5.41) is 3.60. The topological polar surface area (TPSA) is 42.7 Å². The molecular weight excluding hydrogens is 212 g/mol. The van der Waals surface area contributed by atoms with E-state index in [9.17, 15) is 0 Å². The lowest BCUT2D eigenvalue weighted by molar-refractivity contribution is 0.264. The number of aromatic nitrogens is 3. The Morgan fingerprint density at radius 3 is 3.00 bits per heavy atom. The quantitative estimate of drug-likeness (QED) is 0.814. The molecule has 2 aromatic rings. The number of pyridine rings is 1. The molecule has 90 valence electrons. The molecule has 0 radical (unpaired) electrons. The molecule has 3 heterocycles. The van der Waals surface area contributed by atoms with Crippen LogP contribution in [0.2, 0.25) is 0 Å². The molecule has 1 unspecified atom stereocenters. The normalized spacial score (nSPS) is 25.3. The van der Waals surface area contributed by atoms with E-state index in [1.165, 1.54) is 12.8 Å². The minimum absolute atomic E-state index is 0.00625. The summed E-state index contributed by atoms with van der Waals surface area (Å²) in [5.74, 6) is 1.10. The van der Waals surface area contributed by atoms with E-state index >= 15 is 0 Å². The van der Waals surface area contributed by atoms with Gasteiger partial charge >= 0.3 is 0 Å². The van der Waals surface area contributed by atoms with Crippen molar-refractivity contribution in [1.82, 2.24) is 19.9 Å². The monoisotopic (exact) mass is 230 g/mol. The molecule has 3 rings (SSSR count). The minimum atomic E-state index is -0.00625. The molecule has 0 aliphatic carbocycles. The Bertz CT molecular complexity index is 537. The zero-order valence-electron chi connectivity index (χ0n) is 10.4. The summed E-state index contributed by atoms with van der Waals surface area (Å²) in [4.78, 5) is 9.15. The molecule has 0 spiro atoms. The highest BCUT2D eigenvalue weighted by molar-refractivity contribution is 5.71. The summed E-state index contributed by atoms with van der Waals surface area (Å²) in [6.45, 7) is 3.32. The first kappa shape index (κ1) is 10.7. The van der Waals surface area contributed by atoms with E-state index in [-0.39, 0.29) is 5.54 Å². The van der Waals surface area contributed by atoms with Crippen LogP contribution in [0.1, 0.15) is 32.0 Å². The molecular formula is C13H18N4. The molecule has 1 aliphatic heterocycles. The second-order valence-corrected chi connectivity index (χ2v) is 5.06. The predicted octanol–water partition coefficient (Wildman–Crippen LogP) is 1.96. The average molecular weight is 230 g/mol. The van der Waals surface area contributed by atoms with Crippen LogP contribution in [0, 0.1) is 0 Å². The second-order valence-electron chi connectivity index (χ2n) is 5.06.